The van der Waals surface area contributed by atoms with E-state index >= 15 is 0 Å². The van der Waals surface area contributed by atoms with Gasteiger partial charge in [0.05, 0.1) is 0 Å². The molecule has 0 saturated carbocycles. The first-order chi connectivity index (χ1) is 8.87. The van der Waals surface area contributed by atoms with Crippen LogP contribution in [0.3, 0.4) is 0 Å². The van der Waals surface area contributed by atoms with E-state index in [2.05, 4.69) is 9.97 Å². The van der Waals surface area contributed by atoms with E-state index in [0.717, 1.165) is 0 Å². The highest BCUT2D eigenvalue weighted by Crippen LogP contribution is 2.11. The molecule has 0 aliphatic rings. The number of esters is 1. The van der Waals surface area contributed by atoms with Gasteiger partial charge in [0.2, 0.25) is 0 Å². The molecule has 0 unspecified atom stereocenters. The van der Waals surface area contributed by atoms with Crippen LogP contribution in [0, 0.1) is 0 Å². The summed E-state index contributed by atoms with van der Waals surface area (Å²) < 4.78 is 6.54. The molecule has 2 aromatic heterocycles. The highest BCUT2D eigenvalue weighted by Gasteiger charge is 2.19. The van der Waals surface area contributed by atoms with Crippen LogP contribution < -0.4 is 5.69 Å². The van der Waals surface area contributed by atoms with Gasteiger partial charge in [-0.25, -0.2) is 14.6 Å². The third kappa shape index (κ3) is 3.09. The average Bonchev–Trinajstić information content (AvgIpc) is 2.73. The average molecular weight is 261 g/mol. The highest BCUT2D eigenvalue weighted by atomic mass is 16.6. The van der Waals surface area contributed by atoms with Crippen molar-refractivity contribution in [2.75, 3.05) is 0 Å². The maximum absolute atomic E-state index is 11.9. The fraction of sp³-hybridized carbons (Fsp3) is 0.308. The Morgan fingerprint density at radius 3 is 2.68 bits per heavy atom. The molecular weight excluding hydrogens is 246 g/mol. The van der Waals surface area contributed by atoms with Crippen molar-refractivity contribution in [2.45, 2.75) is 26.4 Å². The maximum Gasteiger partial charge on any atom is 0.357 e. The first-order valence-electron chi connectivity index (χ1n) is 5.84. The second-order valence-electron chi connectivity index (χ2n) is 5.02. The van der Waals surface area contributed by atoms with Crippen molar-refractivity contribution in [3.63, 3.8) is 0 Å². The molecule has 0 radical (unpaired) electrons. The molecule has 100 valence electrons. The molecule has 0 saturated heterocycles. The predicted molar refractivity (Wildman–Crippen MR) is 69.4 cm³/mol. The van der Waals surface area contributed by atoms with Crippen molar-refractivity contribution in [2.24, 2.45) is 0 Å². The van der Waals surface area contributed by atoms with Crippen molar-refractivity contribution < 1.29 is 9.53 Å². The number of pyridine rings is 1. The molecule has 6 heteroatoms. The number of hydrogen-bond acceptors (Lipinski definition) is 4. The van der Waals surface area contributed by atoms with E-state index in [1.165, 1.54) is 10.8 Å². The maximum atomic E-state index is 11.9. The Labute approximate surface area is 110 Å². The highest BCUT2D eigenvalue weighted by molar-refractivity contribution is 5.87. The van der Waals surface area contributed by atoms with Gasteiger partial charge in [0, 0.05) is 12.4 Å². The normalized spacial score (nSPS) is 11.3. The molecule has 0 spiro atoms. The van der Waals surface area contributed by atoms with Crippen LogP contribution in [0.2, 0.25) is 0 Å². The summed E-state index contributed by atoms with van der Waals surface area (Å²) in [6.07, 6.45) is 3.05. The van der Waals surface area contributed by atoms with Crippen molar-refractivity contribution in [3.05, 3.63) is 46.8 Å². The lowest BCUT2D eigenvalue weighted by Gasteiger charge is -2.19. The SMILES string of the molecule is CC(C)(C)OC(=O)c1cccc(-n2cc[nH]c2=O)n1. The van der Waals surface area contributed by atoms with Gasteiger partial charge in [-0.2, -0.15) is 0 Å². The van der Waals surface area contributed by atoms with Crippen LogP contribution in [0.4, 0.5) is 0 Å². The number of hydrogen-bond donors (Lipinski definition) is 1. The van der Waals surface area contributed by atoms with E-state index in [-0.39, 0.29) is 11.4 Å². The summed E-state index contributed by atoms with van der Waals surface area (Å²) in [4.78, 5) is 30.0. The molecule has 0 amide bonds. The number of carbonyl (C=O) groups excluding carboxylic acids is 1. The van der Waals surface area contributed by atoms with Gasteiger partial charge < -0.3 is 9.72 Å². The summed E-state index contributed by atoms with van der Waals surface area (Å²) in [6.45, 7) is 5.35. The third-order valence-electron chi connectivity index (χ3n) is 2.24. The second-order valence-corrected chi connectivity index (χ2v) is 5.02. The lowest BCUT2D eigenvalue weighted by molar-refractivity contribution is 0.00628. The topological polar surface area (TPSA) is 77.0 Å². The molecule has 6 nitrogen and oxygen atoms in total. The van der Waals surface area contributed by atoms with Gasteiger partial charge in [-0.1, -0.05) is 6.07 Å². The number of ether oxygens (including phenoxy) is 1. The Bertz CT molecular complexity index is 649. The van der Waals surface area contributed by atoms with Gasteiger partial charge in [-0.3, -0.25) is 4.57 Å². The molecule has 0 aliphatic carbocycles. The number of nitrogens with one attached hydrogen (secondary N) is 1. The Morgan fingerprint density at radius 2 is 2.11 bits per heavy atom. The van der Waals surface area contributed by atoms with E-state index in [1.54, 1.807) is 45.2 Å². The van der Waals surface area contributed by atoms with E-state index in [4.69, 9.17) is 4.74 Å². The standard InChI is InChI=1S/C13H15N3O3/c1-13(2,3)19-11(17)9-5-4-6-10(15-9)16-8-7-14-12(16)18/h4-8H,1-3H3,(H,14,18). The molecule has 2 aromatic rings. The first-order valence-corrected chi connectivity index (χ1v) is 5.84. The smallest absolute Gasteiger partial charge is 0.357 e. The summed E-state index contributed by atoms with van der Waals surface area (Å²) in [5.41, 5.74) is -0.728. The molecule has 1 N–H and O–H groups in total. The fourth-order valence-electron chi connectivity index (χ4n) is 1.50. The molecule has 2 rings (SSSR count). The number of H-pyrrole nitrogens is 1. The minimum atomic E-state index is -0.584. The van der Waals surface area contributed by atoms with Crippen LogP contribution in [0.1, 0.15) is 31.3 Å². The van der Waals surface area contributed by atoms with Crippen LogP contribution in [-0.4, -0.2) is 26.1 Å². The van der Waals surface area contributed by atoms with E-state index in [1.807, 2.05) is 0 Å². The number of rotatable bonds is 2. The van der Waals surface area contributed by atoms with Crippen LogP contribution in [-0.2, 0) is 4.74 Å². The molecule has 0 bridgehead atoms. The van der Waals surface area contributed by atoms with E-state index in [9.17, 15) is 9.59 Å². The number of imidazole rings is 1. The summed E-state index contributed by atoms with van der Waals surface area (Å²) in [7, 11) is 0. The van der Waals surface area contributed by atoms with Crippen LogP contribution in [0.15, 0.2) is 35.4 Å². The predicted octanol–water partition coefficient (Wildman–Crippen LogP) is 1.52. The summed E-state index contributed by atoms with van der Waals surface area (Å²) in [6, 6.07) is 4.85. The van der Waals surface area contributed by atoms with Gasteiger partial charge in [-0.05, 0) is 32.9 Å². The lowest BCUT2D eigenvalue weighted by Crippen LogP contribution is -2.25. The van der Waals surface area contributed by atoms with Gasteiger partial charge in [0.1, 0.15) is 11.4 Å². The summed E-state index contributed by atoms with van der Waals surface area (Å²) in [5.74, 6) is -0.146. The van der Waals surface area contributed by atoms with E-state index in [0.29, 0.717) is 5.82 Å². The quantitative estimate of drug-likeness (QED) is 0.831. The van der Waals surface area contributed by atoms with Crippen molar-refractivity contribution in [1.82, 2.24) is 14.5 Å². The largest absolute Gasteiger partial charge is 0.455 e. The minimum Gasteiger partial charge on any atom is -0.455 e. The van der Waals surface area contributed by atoms with Gasteiger partial charge in [-0.15, -0.1) is 0 Å². The summed E-state index contributed by atoms with van der Waals surface area (Å²) >= 11 is 0. The second kappa shape index (κ2) is 4.72. The number of carbonyl (C=O) groups is 1. The van der Waals surface area contributed by atoms with Crippen LogP contribution in [0.5, 0.6) is 0 Å². The van der Waals surface area contributed by atoms with Crippen molar-refractivity contribution in [1.29, 1.82) is 0 Å². The van der Waals surface area contributed by atoms with Crippen LogP contribution in [0.25, 0.3) is 5.82 Å². The molecule has 0 aliphatic heterocycles. The van der Waals surface area contributed by atoms with Crippen molar-refractivity contribution in [3.8, 4) is 5.82 Å². The van der Waals surface area contributed by atoms with Crippen LogP contribution >= 0.6 is 0 Å². The number of aromatic nitrogens is 3. The van der Waals surface area contributed by atoms with Gasteiger partial charge in [0.15, 0.2) is 5.69 Å². The summed E-state index contributed by atoms with van der Waals surface area (Å²) in [5, 5.41) is 0. The van der Waals surface area contributed by atoms with Crippen molar-refractivity contribution >= 4 is 5.97 Å². The molecule has 0 atom stereocenters. The van der Waals surface area contributed by atoms with E-state index < -0.39 is 11.6 Å². The number of nitrogens with zero attached hydrogens (tertiary/aromatic N) is 2. The Hall–Kier alpha value is -2.37. The van der Waals surface area contributed by atoms with Gasteiger partial charge in [0.25, 0.3) is 0 Å². The Balaban J connectivity index is 2.33. The van der Waals surface area contributed by atoms with Gasteiger partial charge >= 0.3 is 11.7 Å². The zero-order valence-corrected chi connectivity index (χ0v) is 11.0. The Kier molecular flexibility index (Phi) is 3.25. The lowest BCUT2D eigenvalue weighted by atomic mass is 10.2. The zero-order chi connectivity index (χ0) is 14.0. The Morgan fingerprint density at radius 1 is 1.37 bits per heavy atom. The molecule has 2 heterocycles. The minimum absolute atomic E-state index is 0.167. The fourth-order valence-corrected chi connectivity index (χ4v) is 1.50. The third-order valence-corrected chi connectivity index (χ3v) is 2.24. The molecular formula is C13H15N3O3. The zero-order valence-electron chi connectivity index (χ0n) is 11.0. The molecule has 0 aromatic carbocycles. The number of aromatic amines is 1. The first kappa shape index (κ1) is 13.1. The monoisotopic (exact) mass is 261 g/mol. The molecule has 19 heavy (non-hydrogen) atoms. The molecule has 0 fully saturated rings.